The van der Waals surface area contributed by atoms with E-state index in [-0.39, 0.29) is 33.0 Å². The van der Waals surface area contributed by atoms with Crippen molar-refractivity contribution in [3.05, 3.63) is 12.2 Å². The minimum atomic E-state index is -0.210. The molecule has 190 valence electrons. The number of fused-ring (bicyclic) bond motifs is 7. The maximum absolute atomic E-state index is 13.3. The molecule has 0 radical (unpaired) electrons. The van der Waals surface area contributed by atoms with E-state index < -0.39 is 0 Å². The molecule has 10 atom stereocenters. The second kappa shape index (κ2) is 7.32. The molecule has 5 aliphatic carbocycles. The molecule has 0 aromatic rings. The molecule has 0 aromatic carbocycles. The minimum absolute atomic E-state index is 0.105. The maximum atomic E-state index is 13.3. The van der Waals surface area contributed by atoms with Gasteiger partial charge in [-0.1, -0.05) is 53.7 Å². The zero-order valence-corrected chi connectivity index (χ0v) is 23.4. The van der Waals surface area contributed by atoms with Crippen LogP contribution in [0.4, 0.5) is 0 Å². The van der Waals surface area contributed by atoms with Crippen molar-refractivity contribution in [2.24, 2.45) is 62.6 Å². The van der Waals surface area contributed by atoms with Crippen LogP contribution in [0.1, 0.15) is 113 Å². The Morgan fingerprint density at radius 1 is 0.853 bits per heavy atom. The van der Waals surface area contributed by atoms with Gasteiger partial charge in [0.1, 0.15) is 11.6 Å². The monoisotopic (exact) mass is 466 g/mol. The molecule has 0 spiro atoms. The summed E-state index contributed by atoms with van der Waals surface area (Å²) < 4.78 is 0. The highest BCUT2D eigenvalue weighted by molar-refractivity contribution is 5.87. The summed E-state index contributed by atoms with van der Waals surface area (Å²) in [6.45, 7) is 23.1. The highest BCUT2D eigenvalue weighted by Gasteiger charge is 2.71. The van der Waals surface area contributed by atoms with E-state index in [2.05, 4.69) is 55.0 Å². The van der Waals surface area contributed by atoms with Crippen molar-refractivity contribution in [1.29, 1.82) is 0 Å². The van der Waals surface area contributed by atoms with Gasteiger partial charge in [0.25, 0.3) is 0 Å². The normalized spacial score (nSPS) is 53.8. The van der Waals surface area contributed by atoms with Crippen LogP contribution in [0.25, 0.3) is 0 Å². The topological polar surface area (TPSA) is 34.1 Å². The van der Waals surface area contributed by atoms with Crippen molar-refractivity contribution < 1.29 is 9.59 Å². The largest absolute Gasteiger partial charge is 0.299 e. The summed E-state index contributed by atoms with van der Waals surface area (Å²) in [4.78, 5) is 26.5. The zero-order valence-electron chi connectivity index (χ0n) is 23.4. The molecule has 0 aromatic heterocycles. The molecule has 5 rings (SSSR count). The summed E-state index contributed by atoms with van der Waals surface area (Å²) in [5.41, 5.74) is 1.77. The zero-order chi connectivity index (χ0) is 25.1. The van der Waals surface area contributed by atoms with Crippen LogP contribution in [0.5, 0.6) is 0 Å². The van der Waals surface area contributed by atoms with E-state index >= 15 is 0 Å². The van der Waals surface area contributed by atoms with Crippen molar-refractivity contribution >= 4 is 11.6 Å². The third-order valence-electron chi connectivity index (χ3n) is 13.7. The quantitative estimate of drug-likeness (QED) is 0.386. The number of hydrogen-bond acceptors (Lipinski definition) is 2. The summed E-state index contributed by atoms with van der Waals surface area (Å²) in [7, 11) is 0. The fraction of sp³-hybridized carbons (Fsp3) is 0.875. The smallest absolute Gasteiger partial charge is 0.141 e. The molecule has 2 nitrogen and oxygen atoms in total. The van der Waals surface area contributed by atoms with E-state index in [4.69, 9.17) is 0 Å². The Hall–Kier alpha value is -0.920. The van der Waals surface area contributed by atoms with Crippen LogP contribution >= 0.6 is 0 Å². The fourth-order valence-electron chi connectivity index (χ4n) is 12.1. The fourth-order valence-corrected chi connectivity index (χ4v) is 12.1. The lowest BCUT2D eigenvalue weighted by atomic mass is 9.32. The van der Waals surface area contributed by atoms with Crippen molar-refractivity contribution in [3.8, 4) is 0 Å². The Bertz CT molecular complexity index is 929. The molecule has 0 bridgehead atoms. The molecule has 0 heterocycles. The van der Waals surface area contributed by atoms with E-state index in [1.165, 1.54) is 37.7 Å². The first-order chi connectivity index (χ1) is 15.7. The Kier molecular flexibility index (Phi) is 5.33. The highest BCUT2D eigenvalue weighted by Crippen LogP contribution is 2.77. The first-order valence-corrected chi connectivity index (χ1v) is 14.4. The van der Waals surface area contributed by atoms with E-state index in [1.807, 2.05) is 6.92 Å². The summed E-state index contributed by atoms with van der Waals surface area (Å²) in [5.74, 6) is 3.89. The molecule has 4 unspecified atom stereocenters. The Morgan fingerprint density at radius 2 is 1.53 bits per heavy atom. The third-order valence-corrected chi connectivity index (χ3v) is 13.7. The lowest BCUT2D eigenvalue weighted by molar-refractivity contribution is -0.235. The predicted molar refractivity (Wildman–Crippen MR) is 139 cm³/mol. The highest BCUT2D eigenvalue weighted by atomic mass is 16.1. The lowest BCUT2D eigenvalue weighted by Crippen LogP contribution is -2.67. The number of carbonyl (C=O) groups excluding carboxylic acids is 2. The average Bonchev–Trinajstić information content (AvgIpc) is 3.14. The number of Topliss-reactive ketones (excluding diaryl/α,β-unsaturated/α-hetero) is 2. The van der Waals surface area contributed by atoms with E-state index in [0.717, 1.165) is 25.7 Å². The summed E-state index contributed by atoms with van der Waals surface area (Å²) in [6, 6.07) is 0. The third kappa shape index (κ3) is 2.75. The number of allylic oxidation sites excluding steroid dienone is 1. The van der Waals surface area contributed by atoms with Crippen LogP contribution in [0.2, 0.25) is 0 Å². The molecule has 0 N–H and O–H groups in total. The van der Waals surface area contributed by atoms with Crippen molar-refractivity contribution in [2.75, 3.05) is 0 Å². The number of rotatable bonds is 2. The summed E-state index contributed by atoms with van der Waals surface area (Å²) in [5, 5.41) is 0. The maximum Gasteiger partial charge on any atom is 0.141 e. The van der Waals surface area contributed by atoms with Crippen molar-refractivity contribution in [2.45, 2.75) is 113 Å². The first-order valence-electron chi connectivity index (χ1n) is 14.4. The minimum Gasteiger partial charge on any atom is -0.299 e. The predicted octanol–water partition coefficient (Wildman–Crippen LogP) is 8.05. The Balaban J connectivity index is 1.58. The van der Waals surface area contributed by atoms with Gasteiger partial charge in [0.2, 0.25) is 0 Å². The van der Waals surface area contributed by atoms with Gasteiger partial charge < -0.3 is 0 Å². The molecular weight excluding hydrogens is 416 g/mol. The van der Waals surface area contributed by atoms with Gasteiger partial charge in [-0.3, -0.25) is 9.59 Å². The van der Waals surface area contributed by atoms with E-state index in [1.54, 1.807) is 0 Å². The van der Waals surface area contributed by atoms with E-state index in [9.17, 15) is 9.59 Å². The molecular formula is C32H50O2. The van der Waals surface area contributed by atoms with Crippen LogP contribution < -0.4 is 0 Å². The van der Waals surface area contributed by atoms with Crippen molar-refractivity contribution in [3.63, 3.8) is 0 Å². The molecule has 5 aliphatic rings. The number of hydrogen-bond donors (Lipinski definition) is 0. The van der Waals surface area contributed by atoms with Gasteiger partial charge in [-0.25, -0.2) is 0 Å². The van der Waals surface area contributed by atoms with Crippen LogP contribution in [-0.4, -0.2) is 11.6 Å². The molecule has 5 saturated carbocycles. The molecule has 0 saturated heterocycles. The Morgan fingerprint density at radius 3 is 2.15 bits per heavy atom. The van der Waals surface area contributed by atoms with Crippen LogP contribution in [0.15, 0.2) is 12.2 Å². The van der Waals surface area contributed by atoms with Gasteiger partial charge in [-0.15, -0.1) is 0 Å². The van der Waals surface area contributed by atoms with E-state index in [0.29, 0.717) is 41.2 Å². The van der Waals surface area contributed by atoms with Gasteiger partial charge in [0.15, 0.2) is 0 Å². The first kappa shape index (κ1) is 24.8. The molecule has 0 amide bonds. The van der Waals surface area contributed by atoms with Gasteiger partial charge in [-0.2, -0.15) is 0 Å². The van der Waals surface area contributed by atoms with Crippen LogP contribution in [0.3, 0.4) is 0 Å². The second-order valence-electron chi connectivity index (χ2n) is 15.1. The number of ketones is 2. The number of carbonyl (C=O) groups is 2. The molecule has 34 heavy (non-hydrogen) atoms. The molecule has 5 fully saturated rings. The van der Waals surface area contributed by atoms with Gasteiger partial charge in [0.05, 0.1) is 0 Å². The van der Waals surface area contributed by atoms with Gasteiger partial charge in [0, 0.05) is 16.7 Å². The van der Waals surface area contributed by atoms with Gasteiger partial charge >= 0.3 is 0 Å². The van der Waals surface area contributed by atoms with Gasteiger partial charge in [-0.05, 0) is 117 Å². The van der Waals surface area contributed by atoms with Crippen LogP contribution in [0, 0.1) is 62.6 Å². The molecule has 0 aliphatic heterocycles. The van der Waals surface area contributed by atoms with Crippen molar-refractivity contribution in [1.82, 2.24) is 0 Å². The average molecular weight is 467 g/mol. The molecule has 2 heteroatoms. The summed E-state index contributed by atoms with van der Waals surface area (Å²) >= 11 is 0. The Labute approximate surface area is 209 Å². The second-order valence-corrected chi connectivity index (χ2v) is 15.1. The summed E-state index contributed by atoms with van der Waals surface area (Å²) in [6.07, 6.45) is 10.5. The standard InChI is InChI=1S/C32H50O2/c1-19(2)22-12-15-32(21(4)33)17-16-30(8)23(26(22)32)10-11-25-29(7)18-20(3)27(34)28(5,6)24(29)13-14-31(25,30)9/h20,22-26H,1,10-18H2,2-9H3/t20?,22?,23?,24-,25+,26?,29-,30+,31+,32+/m0/s1. The SMILES string of the molecule is C=C(C)C1CC[C@]2(C(C)=O)CC[C@]3(C)C(CC[C@@H]4[C@@]5(C)CC(C)C(=O)C(C)(C)[C@@H]5CC[C@]43C)C12. The lowest BCUT2D eigenvalue weighted by Gasteiger charge is -2.72. The van der Waals surface area contributed by atoms with Crippen LogP contribution in [-0.2, 0) is 9.59 Å².